The summed E-state index contributed by atoms with van der Waals surface area (Å²) in [5.41, 5.74) is 4.35. The Labute approximate surface area is 129 Å². The summed E-state index contributed by atoms with van der Waals surface area (Å²) in [5, 5.41) is 4.44. The van der Waals surface area contributed by atoms with Gasteiger partial charge in [0.25, 0.3) is 0 Å². The van der Waals surface area contributed by atoms with Crippen molar-refractivity contribution in [2.24, 2.45) is 11.3 Å². The van der Waals surface area contributed by atoms with Crippen molar-refractivity contribution in [3.8, 4) is 0 Å². The van der Waals surface area contributed by atoms with E-state index < -0.39 is 0 Å². The van der Waals surface area contributed by atoms with Gasteiger partial charge in [-0.25, -0.2) is 0 Å². The number of rotatable bonds is 6. The van der Waals surface area contributed by atoms with E-state index in [0.717, 1.165) is 16.7 Å². The second-order valence-corrected chi connectivity index (χ2v) is 6.76. The second kappa shape index (κ2) is 7.02. The summed E-state index contributed by atoms with van der Waals surface area (Å²) in [4.78, 5) is 0. The molecular formula is C14H25BrN4O. The largest absolute Gasteiger partial charge is 0.383 e. The van der Waals surface area contributed by atoms with E-state index in [0.29, 0.717) is 6.61 Å². The first-order valence-corrected chi connectivity index (χ1v) is 8.08. The number of halogens is 1. The van der Waals surface area contributed by atoms with Crippen molar-refractivity contribution in [1.82, 2.24) is 15.2 Å². The van der Waals surface area contributed by atoms with Crippen LogP contribution < -0.4 is 11.3 Å². The van der Waals surface area contributed by atoms with E-state index in [2.05, 4.69) is 33.4 Å². The van der Waals surface area contributed by atoms with Gasteiger partial charge in [-0.05, 0) is 34.2 Å². The van der Waals surface area contributed by atoms with Crippen LogP contribution in [0.15, 0.2) is 10.7 Å². The van der Waals surface area contributed by atoms with Crippen LogP contribution in [0.25, 0.3) is 0 Å². The van der Waals surface area contributed by atoms with Gasteiger partial charge in [0.2, 0.25) is 0 Å². The van der Waals surface area contributed by atoms with Crippen molar-refractivity contribution in [3.63, 3.8) is 0 Å². The van der Waals surface area contributed by atoms with Crippen LogP contribution in [-0.2, 0) is 11.3 Å². The second-order valence-electron chi connectivity index (χ2n) is 5.91. The molecule has 0 saturated heterocycles. The maximum Gasteiger partial charge on any atom is 0.0715 e. The summed E-state index contributed by atoms with van der Waals surface area (Å²) >= 11 is 3.62. The highest BCUT2D eigenvalue weighted by Gasteiger charge is 2.38. The SMILES string of the molecule is COCCn1ncc(Br)c1C(NN)C1(C)CCCCC1. The minimum absolute atomic E-state index is 0.108. The molecule has 0 aromatic carbocycles. The summed E-state index contributed by atoms with van der Waals surface area (Å²) in [5.74, 6) is 5.90. The number of hydrogen-bond donors (Lipinski definition) is 2. The molecule has 0 aliphatic heterocycles. The molecule has 1 fully saturated rings. The average molecular weight is 345 g/mol. The third-order valence-electron chi connectivity index (χ3n) is 4.47. The van der Waals surface area contributed by atoms with E-state index in [9.17, 15) is 0 Å². The average Bonchev–Trinajstić information content (AvgIpc) is 2.80. The number of methoxy groups -OCH3 is 1. The molecule has 1 unspecified atom stereocenters. The third-order valence-corrected chi connectivity index (χ3v) is 5.08. The molecule has 3 N–H and O–H groups in total. The highest BCUT2D eigenvalue weighted by Crippen LogP contribution is 2.46. The van der Waals surface area contributed by atoms with Gasteiger partial charge in [0.15, 0.2) is 0 Å². The van der Waals surface area contributed by atoms with E-state index in [1.165, 1.54) is 32.1 Å². The van der Waals surface area contributed by atoms with Crippen molar-refractivity contribution in [2.45, 2.75) is 51.6 Å². The number of hydrazine groups is 1. The molecule has 1 aliphatic carbocycles. The minimum Gasteiger partial charge on any atom is -0.383 e. The van der Waals surface area contributed by atoms with Crippen molar-refractivity contribution in [1.29, 1.82) is 0 Å². The molecular weight excluding hydrogens is 320 g/mol. The lowest BCUT2D eigenvalue weighted by molar-refractivity contribution is 0.133. The highest BCUT2D eigenvalue weighted by atomic mass is 79.9. The summed E-state index contributed by atoms with van der Waals surface area (Å²) in [6.45, 7) is 3.72. The van der Waals surface area contributed by atoms with Crippen molar-refractivity contribution < 1.29 is 4.74 Å². The van der Waals surface area contributed by atoms with Crippen molar-refractivity contribution >= 4 is 15.9 Å². The quantitative estimate of drug-likeness (QED) is 0.615. The van der Waals surface area contributed by atoms with Gasteiger partial charge in [-0.2, -0.15) is 5.10 Å². The maximum absolute atomic E-state index is 5.90. The molecule has 6 heteroatoms. The van der Waals surface area contributed by atoms with Crippen LogP contribution >= 0.6 is 15.9 Å². The Hall–Kier alpha value is -0.430. The van der Waals surface area contributed by atoms with Crippen LogP contribution in [0.4, 0.5) is 0 Å². The van der Waals surface area contributed by atoms with Crippen LogP contribution in [0.5, 0.6) is 0 Å². The van der Waals surface area contributed by atoms with Crippen molar-refractivity contribution in [2.75, 3.05) is 13.7 Å². The fraction of sp³-hybridized carbons (Fsp3) is 0.786. The molecule has 1 aromatic rings. The standard InChI is InChI=1S/C14H25BrN4O/c1-14(6-4-3-5-7-14)13(18-16)12-11(15)10-17-19(12)8-9-20-2/h10,13,18H,3-9,16H2,1-2H3. The van der Waals surface area contributed by atoms with E-state index in [-0.39, 0.29) is 11.5 Å². The summed E-state index contributed by atoms with van der Waals surface area (Å²) in [7, 11) is 1.71. The first-order valence-electron chi connectivity index (χ1n) is 7.28. The van der Waals surface area contributed by atoms with E-state index in [1.54, 1.807) is 7.11 Å². The van der Waals surface area contributed by atoms with Gasteiger partial charge < -0.3 is 4.74 Å². The Morgan fingerprint density at radius 1 is 1.50 bits per heavy atom. The molecule has 1 heterocycles. The van der Waals surface area contributed by atoms with Crippen LogP contribution in [0, 0.1) is 5.41 Å². The first kappa shape index (κ1) is 15.9. The van der Waals surface area contributed by atoms with Crippen LogP contribution in [0.3, 0.4) is 0 Å². The Morgan fingerprint density at radius 3 is 2.80 bits per heavy atom. The van der Waals surface area contributed by atoms with Gasteiger partial charge >= 0.3 is 0 Å². The van der Waals surface area contributed by atoms with E-state index in [1.807, 2.05) is 10.9 Å². The van der Waals surface area contributed by atoms with Gasteiger partial charge in [-0.15, -0.1) is 0 Å². The first-order chi connectivity index (χ1) is 9.62. The molecule has 1 saturated carbocycles. The van der Waals surface area contributed by atoms with Gasteiger partial charge in [0.1, 0.15) is 0 Å². The lowest BCUT2D eigenvalue weighted by Gasteiger charge is -2.40. The molecule has 5 nitrogen and oxygen atoms in total. The van der Waals surface area contributed by atoms with Crippen molar-refractivity contribution in [3.05, 3.63) is 16.4 Å². The lowest BCUT2D eigenvalue weighted by atomic mass is 9.70. The fourth-order valence-electron chi connectivity index (χ4n) is 3.27. The topological polar surface area (TPSA) is 65.1 Å². The monoisotopic (exact) mass is 344 g/mol. The van der Waals surface area contributed by atoms with E-state index in [4.69, 9.17) is 10.6 Å². The predicted molar refractivity (Wildman–Crippen MR) is 83.1 cm³/mol. The smallest absolute Gasteiger partial charge is 0.0715 e. The number of hydrogen-bond acceptors (Lipinski definition) is 4. The zero-order valence-corrected chi connectivity index (χ0v) is 13.9. The number of nitrogens with zero attached hydrogens (tertiary/aromatic N) is 2. The van der Waals surface area contributed by atoms with Gasteiger partial charge in [0.05, 0.1) is 35.6 Å². The highest BCUT2D eigenvalue weighted by molar-refractivity contribution is 9.10. The van der Waals surface area contributed by atoms with Gasteiger partial charge in [0, 0.05) is 7.11 Å². The Bertz CT molecular complexity index is 429. The number of aromatic nitrogens is 2. The normalized spacial score (nSPS) is 20.0. The van der Waals surface area contributed by atoms with Gasteiger partial charge in [-0.1, -0.05) is 26.2 Å². The number of nitrogens with one attached hydrogen (secondary N) is 1. The molecule has 1 aliphatic rings. The van der Waals surface area contributed by atoms with E-state index >= 15 is 0 Å². The summed E-state index contributed by atoms with van der Waals surface area (Å²) in [6, 6.07) is 0.108. The zero-order chi connectivity index (χ0) is 14.6. The molecule has 1 aromatic heterocycles. The van der Waals surface area contributed by atoms with Crippen LogP contribution in [0.1, 0.15) is 50.8 Å². The Kier molecular flexibility index (Phi) is 5.60. The summed E-state index contributed by atoms with van der Waals surface area (Å²) < 4.78 is 8.18. The van der Waals surface area contributed by atoms with Crippen LogP contribution in [0.2, 0.25) is 0 Å². The predicted octanol–water partition coefficient (Wildman–Crippen LogP) is 2.77. The Balaban J connectivity index is 2.28. The Morgan fingerprint density at radius 2 is 2.20 bits per heavy atom. The molecule has 0 amide bonds. The molecule has 0 spiro atoms. The lowest BCUT2D eigenvalue weighted by Crippen LogP contribution is -2.42. The zero-order valence-electron chi connectivity index (χ0n) is 12.4. The molecule has 0 bridgehead atoms. The third kappa shape index (κ3) is 3.24. The van der Waals surface area contributed by atoms with Crippen LogP contribution in [-0.4, -0.2) is 23.5 Å². The number of nitrogens with two attached hydrogens (primary N) is 1. The molecule has 20 heavy (non-hydrogen) atoms. The minimum atomic E-state index is 0.108. The molecule has 1 atom stereocenters. The number of ether oxygens (including phenoxy) is 1. The fourth-order valence-corrected chi connectivity index (χ4v) is 3.80. The molecule has 114 valence electrons. The summed E-state index contributed by atoms with van der Waals surface area (Å²) in [6.07, 6.45) is 8.13. The molecule has 0 radical (unpaired) electrons. The molecule has 2 rings (SSSR count). The maximum atomic E-state index is 5.90. The van der Waals surface area contributed by atoms with Gasteiger partial charge in [-0.3, -0.25) is 16.0 Å².